The van der Waals surface area contributed by atoms with Crippen molar-refractivity contribution in [1.29, 1.82) is 0 Å². The Balaban J connectivity index is 1.39. The van der Waals surface area contributed by atoms with Crippen LogP contribution in [0.25, 0.3) is 76.5 Å². The molecule has 0 spiro atoms. The summed E-state index contributed by atoms with van der Waals surface area (Å²) >= 11 is 0. The van der Waals surface area contributed by atoms with Crippen molar-refractivity contribution in [3.8, 4) is 22.3 Å². The molecule has 186 valence electrons. The van der Waals surface area contributed by atoms with Crippen molar-refractivity contribution in [3.63, 3.8) is 0 Å². The molecule has 0 amide bonds. The Morgan fingerprint density at radius 3 is 2.00 bits per heavy atom. The van der Waals surface area contributed by atoms with E-state index in [0.29, 0.717) is 0 Å². The van der Waals surface area contributed by atoms with Gasteiger partial charge in [-0.2, -0.15) is 0 Å². The van der Waals surface area contributed by atoms with Crippen LogP contribution in [-0.2, 0) is 5.41 Å². The van der Waals surface area contributed by atoms with Gasteiger partial charge < -0.3 is 4.42 Å². The molecule has 0 aliphatic heterocycles. The fourth-order valence-electron chi connectivity index (χ4n) is 6.52. The van der Waals surface area contributed by atoms with Gasteiger partial charge in [0.15, 0.2) is 0 Å². The van der Waals surface area contributed by atoms with Crippen LogP contribution in [0.3, 0.4) is 0 Å². The zero-order valence-electron chi connectivity index (χ0n) is 22.4. The Labute approximate surface area is 227 Å². The highest BCUT2D eigenvalue weighted by Crippen LogP contribution is 2.43. The maximum Gasteiger partial charge on any atom is 0.143 e. The molecule has 8 rings (SSSR count). The highest BCUT2D eigenvalue weighted by atomic mass is 16.3. The van der Waals surface area contributed by atoms with Crippen molar-refractivity contribution in [2.45, 2.75) is 26.2 Å². The molecule has 0 radical (unpaired) electrons. The molecule has 0 fully saturated rings. The van der Waals surface area contributed by atoms with Gasteiger partial charge in [0, 0.05) is 16.3 Å². The second-order valence-corrected chi connectivity index (χ2v) is 11.8. The van der Waals surface area contributed by atoms with E-state index in [9.17, 15) is 0 Å². The summed E-state index contributed by atoms with van der Waals surface area (Å²) < 4.78 is 6.45. The zero-order valence-corrected chi connectivity index (χ0v) is 22.4. The smallest absolute Gasteiger partial charge is 0.143 e. The van der Waals surface area contributed by atoms with Gasteiger partial charge in [-0.1, -0.05) is 124 Å². The molecule has 0 atom stereocenters. The first-order valence-electron chi connectivity index (χ1n) is 13.7. The predicted octanol–water partition coefficient (Wildman–Crippen LogP) is 11.1. The molecule has 7 aromatic carbocycles. The first-order chi connectivity index (χ1) is 19.0. The third-order valence-electron chi connectivity index (χ3n) is 8.37. The maximum atomic E-state index is 6.45. The van der Waals surface area contributed by atoms with E-state index in [0.717, 1.165) is 27.5 Å². The van der Waals surface area contributed by atoms with Gasteiger partial charge in [-0.05, 0) is 72.1 Å². The third-order valence-corrected chi connectivity index (χ3v) is 8.37. The van der Waals surface area contributed by atoms with E-state index in [2.05, 4.69) is 136 Å². The number of rotatable bonds is 2. The van der Waals surface area contributed by atoms with Gasteiger partial charge in [0.2, 0.25) is 0 Å². The molecule has 1 aromatic heterocycles. The second-order valence-electron chi connectivity index (χ2n) is 11.8. The van der Waals surface area contributed by atoms with Gasteiger partial charge in [0.1, 0.15) is 11.2 Å². The van der Waals surface area contributed by atoms with Crippen LogP contribution in [-0.4, -0.2) is 0 Å². The minimum Gasteiger partial charge on any atom is -0.455 e. The number of hydrogen-bond donors (Lipinski definition) is 0. The van der Waals surface area contributed by atoms with E-state index in [4.69, 9.17) is 4.42 Å². The number of benzene rings is 7. The van der Waals surface area contributed by atoms with Crippen LogP contribution in [0.5, 0.6) is 0 Å². The largest absolute Gasteiger partial charge is 0.455 e. The van der Waals surface area contributed by atoms with E-state index in [1.54, 1.807) is 0 Å². The maximum absolute atomic E-state index is 6.45. The summed E-state index contributed by atoms with van der Waals surface area (Å²) in [7, 11) is 0. The van der Waals surface area contributed by atoms with Gasteiger partial charge in [0.05, 0.1) is 0 Å². The second kappa shape index (κ2) is 7.94. The summed E-state index contributed by atoms with van der Waals surface area (Å²) in [5, 5.41) is 10.3. The lowest BCUT2D eigenvalue weighted by Gasteiger charge is -2.23. The first kappa shape index (κ1) is 22.4. The Kier molecular flexibility index (Phi) is 4.56. The van der Waals surface area contributed by atoms with Gasteiger partial charge >= 0.3 is 0 Å². The van der Waals surface area contributed by atoms with Crippen LogP contribution in [0.15, 0.2) is 120 Å². The fraction of sp³-hybridized carbons (Fsp3) is 0.105. The average molecular weight is 501 g/mol. The predicted molar refractivity (Wildman–Crippen MR) is 167 cm³/mol. The van der Waals surface area contributed by atoms with Crippen molar-refractivity contribution >= 4 is 54.3 Å². The quantitative estimate of drug-likeness (QED) is 0.215. The summed E-state index contributed by atoms with van der Waals surface area (Å²) in [6.07, 6.45) is 0. The van der Waals surface area contributed by atoms with Crippen molar-refractivity contribution in [2.24, 2.45) is 0 Å². The highest BCUT2D eigenvalue weighted by Gasteiger charge is 2.20. The first-order valence-corrected chi connectivity index (χ1v) is 13.7. The van der Waals surface area contributed by atoms with Crippen LogP contribution >= 0.6 is 0 Å². The van der Waals surface area contributed by atoms with Crippen LogP contribution in [0, 0.1) is 0 Å². The summed E-state index contributed by atoms with van der Waals surface area (Å²) in [6, 6.07) is 42.0. The summed E-state index contributed by atoms with van der Waals surface area (Å²) in [6.45, 7) is 6.91. The zero-order chi connectivity index (χ0) is 26.3. The molecule has 1 heteroatoms. The van der Waals surface area contributed by atoms with Crippen LogP contribution in [0.1, 0.15) is 26.3 Å². The average Bonchev–Trinajstić information content (AvgIpc) is 3.33. The number of fused-ring (bicyclic) bond motifs is 3. The van der Waals surface area contributed by atoms with Crippen molar-refractivity contribution < 1.29 is 4.42 Å². The molecule has 0 bridgehead atoms. The molecule has 8 aromatic rings. The molecule has 1 nitrogen and oxygen atoms in total. The minimum absolute atomic E-state index is 0.0805. The number of furan rings is 1. The summed E-state index contributed by atoms with van der Waals surface area (Å²) in [5.41, 5.74) is 8.11. The normalized spacial score (nSPS) is 12.5. The number of hydrogen-bond acceptors (Lipinski definition) is 1. The van der Waals surface area contributed by atoms with Gasteiger partial charge in [-0.15, -0.1) is 0 Å². The molecule has 0 saturated carbocycles. The topological polar surface area (TPSA) is 13.1 Å². The number of para-hydroxylation sites is 1. The van der Waals surface area contributed by atoms with Crippen LogP contribution in [0.2, 0.25) is 0 Å². The van der Waals surface area contributed by atoms with Gasteiger partial charge in [-0.25, -0.2) is 0 Å². The van der Waals surface area contributed by atoms with Crippen molar-refractivity contribution in [1.82, 2.24) is 0 Å². The Bertz CT molecular complexity index is 2190. The standard InChI is InChI=1S/C38H28O/c1-38(2,3)33-20-15-25-13-18-29-27(17-12-24-14-19-31(33)36(25)35(24)29)26-16-21-34-32(22-26)30-11-7-10-28(37(30)39-34)23-8-5-4-6-9-23/h4-22H,1-3H3. The fourth-order valence-corrected chi connectivity index (χ4v) is 6.52. The van der Waals surface area contributed by atoms with Gasteiger partial charge in [-0.3, -0.25) is 0 Å². The van der Waals surface area contributed by atoms with Crippen LogP contribution in [0.4, 0.5) is 0 Å². The molecule has 39 heavy (non-hydrogen) atoms. The van der Waals surface area contributed by atoms with Crippen molar-refractivity contribution in [3.05, 3.63) is 121 Å². The third kappa shape index (κ3) is 3.26. The van der Waals surface area contributed by atoms with Crippen LogP contribution < -0.4 is 0 Å². The SMILES string of the molecule is CC(C)(C)c1ccc2ccc3c(-c4ccc5oc6c(-c7ccccc7)cccc6c5c4)ccc4ccc1c2c43. The molecule has 0 aliphatic carbocycles. The van der Waals surface area contributed by atoms with E-state index in [-0.39, 0.29) is 5.41 Å². The lowest BCUT2D eigenvalue weighted by molar-refractivity contribution is 0.596. The van der Waals surface area contributed by atoms with E-state index >= 15 is 0 Å². The Hall–Kier alpha value is -4.62. The van der Waals surface area contributed by atoms with E-state index in [1.165, 1.54) is 54.6 Å². The Morgan fingerprint density at radius 2 is 1.21 bits per heavy atom. The molecule has 1 heterocycles. The molecular formula is C38H28O. The molecular weight excluding hydrogens is 472 g/mol. The molecule has 0 saturated heterocycles. The minimum atomic E-state index is 0.0805. The molecule has 0 N–H and O–H groups in total. The van der Waals surface area contributed by atoms with Gasteiger partial charge in [0.25, 0.3) is 0 Å². The van der Waals surface area contributed by atoms with E-state index in [1.807, 2.05) is 0 Å². The van der Waals surface area contributed by atoms with E-state index < -0.39 is 0 Å². The monoisotopic (exact) mass is 500 g/mol. The molecule has 0 aliphatic rings. The lowest BCUT2D eigenvalue weighted by atomic mass is 9.81. The summed E-state index contributed by atoms with van der Waals surface area (Å²) in [4.78, 5) is 0. The highest BCUT2D eigenvalue weighted by molar-refractivity contribution is 6.26. The lowest BCUT2D eigenvalue weighted by Crippen LogP contribution is -2.11. The Morgan fingerprint density at radius 1 is 0.487 bits per heavy atom. The summed E-state index contributed by atoms with van der Waals surface area (Å²) in [5.74, 6) is 0. The van der Waals surface area contributed by atoms with Crippen molar-refractivity contribution in [2.75, 3.05) is 0 Å². The molecule has 0 unspecified atom stereocenters.